The van der Waals surface area contributed by atoms with Gasteiger partial charge in [-0.15, -0.1) is 0 Å². The second-order valence-electron chi connectivity index (χ2n) is 33.7. The largest absolute Gasteiger partial charge is 0.354 e. The van der Waals surface area contributed by atoms with Crippen molar-refractivity contribution < 1.29 is 0 Å². The highest BCUT2D eigenvalue weighted by molar-refractivity contribution is 9.11. The maximum Gasteiger partial charge on any atom is 0.0547 e. The molecule has 13 aromatic carbocycles. The SMILES string of the molecule is CCCCCCc1cc(-n2c3ccccc3c3cc(-c4ccc5c(c4)c4c6ccccc6ccc4n5-c4cc(CCCCCC)c(Br)cc4CCCCCC)ccc32)c(CCCCCC)cc1Br.CCCCCCc1cc(Br)c(CCCCCC)cc1Br.c1ccc2c(c1)Cc1ccc(-c3ccc4[nH]c5ccc6ccccc6c5c4c3)cc1-2. The Kier molecular flexibility index (Phi) is 29.3. The number of nitrogens with one attached hydrogen (secondary N) is 1. The molecule has 0 spiro atoms. The van der Waals surface area contributed by atoms with Gasteiger partial charge in [0.15, 0.2) is 0 Å². The van der Waals surface area contributed by atoms with Crippen molar-refractivity contribution in [2.24, 2.45) is 0 Å². The van der Waals surface area contributed by atoms with E-state index in [-0.39, 0.29) is 0 Å². The van der Waals surface area contributed by atoms with Crippen LogP contribution < -0.4 is 0 Å². The van der Waals surface area contributed by atoms with Crippen LogP contribution in [0.2, 0.25) is 0 Å². The van der Waals surface area contributed by atoms with Gasteiger partial charge in [-0.05, 0) is 280 Å². The molecule has 16 aromatic rings. The zero-order chi connectivity index (χ0) is 81.4. The van der Waals surface area contributed by atoms with Crippen LogP contribution in [0.4, 0.5) is 0 Å². The summed E-state index contributed by atoms with van der Waals surface area (Å²) in [6.07, 6.45) is 38.5. The van der Waals surface area contributed by atoms with Crippen LogP contribution >= 0.6 is 63.7 Å². The van der Waals surface area contributed by atoms with Gasteiger partial charge in [0.05, 0.1) is 22.1 Å². The number of aryl methyl sites for hydroxylation is 6. The molecule has 1 N–H and O–H groups in total. The van der Waals surface area contributed by atoms with Crippen molar-refractivity contribution in [1.82, 2.24) is 14.1 Å². The van der Waals surface area contributed by atoms with Crippen LogP contribution in [0.25, 0.3) is 132 Å². The van der Waals surface area contributed by atoms with Crippen LogP contribution in [0.1, 0.15) is 240 Å². The van der Waals surface area contributed by atoms with Crippen molar-refractivity contribution in [3.63, 3.8) is 0 Å². The number of hydrogen-bond donors (Lipinski definition) is 1. The maximum absolute atomic E-state index is 4.08. The van der Waals surface area contributed by atoms with E-state index in [1.54, 1.807) is 0 Å². The first-order valence-corrected chi connectivity index (χ1v) is 48.4. The number of benzene rings is 13. The molecule has 0 saturated carbocycles. The first-order valence-electron chi connectivity index (χ1n) is 45.2. The average Bonchev–Trinajstić information content (AvgIpc) is 1.57. The number of halogens is 4. The van der Waals surface area contributed by atoms with E-state index in [0.717, 1.165) is 32.1 Å². The Morgan fingerprint density at radius 1 is 0.254 bits per heavy atom. The molecule has 0 atom stereocenters. The third kappa shape index (κ3) is 19.1. The van der Waals surface area contributed by atoms with Gasteiger partial charge in [0, 0.05) is 72.6 Å². The lowest BCUT2D eigenvalue weighted by Gasteiger charge is -2.18. The van der Waals surface area contributed by atoms with Crippen molar-refractivity contribution >= 4 is 151 Å². The smallest absolute Gasteiger partial charge is 0.0547 e. The van der Waals surface area contributed by atoms with Crippen molar-refractivity contribution in [2.45, 2.75) is 241 Å². The van der Waals surface area contributed by atoms with Crippen LogP contribution in [-0.4, -0.2) is 14.1 Å². The minimum absolute atomic E-state index is 1.04. The lowest BCUT2D eigenvalue weighted by Crippen LogP contribution is -2.03. The van der Waals surface area contributed by atoms with E-state index in [0.29, 0.717) is 0 Å². The van der Waals surface area contributed by atoms with Crippen molar-refractivity contribution in [2.75, 3.05) is 0 Å². The molecule has 1 aliphatic carbocycles. The van der Waals surface area contributed by atoms with E-state index in [2.05, 4.69) is 350 Å². The molecule has 0 aliphatic heterocycles. The molecular formula is C111H119Br4N3. The summed E-state index contributed by atoms with van der Waals surface area (Å²) in [5, 5.41) is 13.1. The lowest BCUT2D eigenvalue weighted by atomic mass is 9.97. The van der Waals surface area contributed by atoms with E-state index in [1.165, 1.54) is 361 Å². The van der Waals surface area contributed by atoms with Gasteiger partial charge in [0.25, 0.3) is 0 Å². The fourth-order valence-electron chi connectivity index (χ4n) is 18.8. The first kappa shape index (κ1) is 84.7. The van der Waals surface area contributed by atoms with E-state index in [9.17, 15) is 0 Å². The fraction of sp³-hybridized carbons (Fsp3) is 0.333. The predicted octanol–water partition coefficient (Wildman–Crippen LogP) is 35.9. The van der Waals surface area contributed by atoms with Crippen LogP contribution in [0.15, 0.2) is 248 Å². The lowest BCUT2D eigenvalue weighted by molar-refractivity contribution is 0.661. The van der Waals surface area contributed by atoms with E-state index in [1.807, 2.05) is 0 Å². The zero-order valence-electron chi connectivity index (χ0n) is 70.8. The topological polar surface area (TPSA) is 25.6 Å². The standard InChI is InChI=1S/C64H72Br2N2.C29H19N.C18H28Br2/c1-5-9-13-17-26-48-43-62(50(41-56(48)65)28-19-15-11-7-3)67-58-32-24-23-31-53(58)54-39-46(34-36-59(54)67)47-35-37-60-55(40-47)64-52-30-22-21-25-45(52)33-38-61(64)68(60)63-44-49(27-18-14-10-6-2)57(66)42-51(63)29-20-16-12-8-4;1-4-8-24-18(5-1)11-14-28-29(24)26-17-20(12-13-27(26)30-28)19-9-10-22-15-21-6-2-3-7-23(21)25(22)16-19;1-3-5-7-9-11-15-13-18(20)16(14-17(15)19)12-10-8-6-4-2/h21-25,30-44H,5-20,26-29H2,1-4H3;1-14,16-17,30H,15H2;13-14H,3-12H2,1-2H3. The average molecular weight is 1810 g/mol. The van der Waals surface area contributed by atoms with Gasteiger partial charge in [-0.1, -0.05) is 354 Å². The molecule has 0 bridgehead atoms. The molecule has 17 rings (SSSR count). The molecule has 3 aromatic heterocycles. The Morgan fingerprint density at radius 3 is 1.15 bits per heavy atom. The number of para-hydroxylation sites is 1. The normalized spacial score (nSPS) is 11.9. The van der Waals surface area contributed by atoms with Crippen LogP contribution in [0.5, 0.6) is 0 Å². The quantitative estimate of drug-likeness (QED) is 0.0389. The number of rotatable bonds is 34. The zero-order valence-corrected chi connectivity index (χ0v) is 77.1. The summed E-state index contributed by atoms with van der Waals surface area (Å²) in [5.74, 6) is 0. The summed E-state index contributed by atoms with van der Waals surface area (Å²) in [4.78, 5) is 3.60. The minimum atomic E-state index is 1.04. The monoisotopic (exact) mass is 1810 g/mol. The molecule has 0 radical (unpaired) electrons. The molecule has 0 saturated heterocycles. The number of fused-ring (bicyclic) bond motifs is 16. The maximum atomic E-state index is 4.08. The van der Waals surface area contributed by atoms with Crippen LogP contribution in [0, 0.1) is 0 Å². The molecule has 3 heterocycles. The number of nitrogens with zero attached hydrogens (tertiary/aromatic N) is 2. The summed E-state index contributed by atoms with van der Waals surface area (Å²) in [6, 6.07) is 87.6. The van der Waals surface area contributed by atoms with Gasteiger partial charge >= 0.3 is 0 Å². The highest BCUT2D eigenvalue weighted by Gasteiger charge is 2.24. The van der Waals surface area contributed by atoms with Gasteiger partial charge in [-0.2, -0.15) is 0 Å². The number of aromatic nitrogens is 3. The molecule has 0 amide bonds. The Morgan fingerprint density at radius 2 is 0.619 bits per heavy atom. The Balaban J connectivity index is 0.000000176. The van der Waals surface area contributed by atoms with Crippen molar-refractivity contribution in [3.05, 3.63) is 293 Å². The van der Waals surface area contributed by atoms with Gasteiger partial charge in [-0.25, -0.2) is 0 Å². The predicted molar refractivity (Wildman–Crippen MR) is 529 cm³/mol. The number of H-pyrrole nitrogens is 1. The van der Waals surface area contributed by atoms with Crippen LogP contribution in [-0.2, 0) is 44.9 Å². The van der Waals surface area contributed by atoms with Gasteiger partial charge in [0.2, 0.25) is 0 Å². The fourth-order valence-corrected chi connectivity index (χ4v) is 21.1. The number of aromatic amines is 1. The van der Waals surface area contributed by atoms with Crippen LogP contribution in [0.3, 0.4) is 0 Å². The van der Waals surface area contributed by atoms with E-state index in [4.69, 9.17) is 0 Å². The minimum Gasteiger partial charge on any atom is -0.354 e. The molecule has 118 heavy (non-hydrogen) atoms. The van der Waals surface area contributed by atoms with E-state index >= 15 is 0 Å². The second-order valence-corrected chi connectivity index (χ2v) is 37.1. The molecular weight excluding hydrogens is 1690 g/mol. The van der Waals surface area contributed by atoms with Gasteiger partial charge < -0.3 is 14.1 Å². The number of unbranched alkanes of at least 4 members (excludes halogenated alkanes) is 18. The Labute approximate surface area is 736 Å². The van der Waals surface area contributed by atoms with Gasteiger partial charge in [-0.3, -0.25) is 0 Å². The van der Waals surface area contributed by atoms with Crippen molar-refractivity contribution in [3.8, 4) is 44.8 Å². The first-order chi connectivity index (χ1) is 58.0. The third-order valence-electron chi connectivity index (χ3n) is 25.3. The summed E-state index contributed by atoms with van der Waals surface area (Å²) < 4.78 is 10.3. The van der Waals surface area contributed by atoms with Gasteiger partial charge in [0.1, 0.15) is 0 Å². The number of hydrogen-bond acceptors (Lipinski definition) is 0. The Hall–Kier alpha value is -8.30. The summed E-state index contributed by atoms with van der Waals surface area (Å²) >= 11 is 15.6. The molecule has 0 unspecified atom stereocenters. The molecule has 1 aliphatic rings. The summed E-state index contributed by atoms with van der Waals surface area (Å²) in [6.45, 7) is 13.7. The molecule has 7 heteroatoms. The highest BCUT2D eigenvalue weighted by Crippen LogP contribution is 2.46. The molecule has 3 nitrogen and oxygen atoms in total. The molecule has 0 fully saturated rings. The van der Waals surface area contributed by atoms with Crippen molar-refractivity contribution in [1.29, 1.82) is 0 Å². The second kappa shape index (κ2) is 40.8. The highest BCUT2D eigenvalue weighted by atomic mass is 79.9. The third-order valence-corrected chi connectivity index (χ3v) is 28.2. The Bertz CT molecular complexity index is 6120. The summed E-state index contributed by atoms with van der Waals surface area (Å²) in [5.41, 5.74) is 29.5. The van der Waals surface area contributed by atoms with E-state index < -0.39 is 0 Å². The molecule has 606 valence electrons. The summed E-state index contributed by atoms with van der Waals surface area (Å²) in [7, 11) is 0.